The number of carbonyl (C=O) groups is 1. The molecule has 7 nitrogen and oxygen atoms in total. The summed E-state index contributed by atoms with van der Waals surface area (Å²) in [5.41, 5.74) is 6.34. The fraction of sp³-hybridized carbons (Fsp3) is 0.529. The highest BCUT2D eigenvalue weighted by molar-refractivity contribution is 7.89. The molecule has 0 saturated carbocycles. The summed E-state index contributed by atoms with van der Waals surface area (Å²) in [6, 6.07) is 7.31. The molecule has 0 spiro atoms. The minimum atomic E-state index is -3.41. The summed E-state index contributed by atoms with van der Waals surface area (Å²) in [6.45, 7) is 2.61. The third-order valence-corrected chi connectivity index (χ3v) is 8.28. The Hall–Kier alpha value is -1.55. The number of para-hydroxylation sites is 1. The molecule has 0 bridgehead atoms. The van der Waals surface area contributed by atoms with Crippen molar-refractivity contribution in [3.63, 3.8) is 0 Å². The lowest BCUT2D eigenvalue weighted by Crippen LogP contribution is -2.43. The molecule has 2 saturated heterocycles. The molecule has 2 aromatic rings. The van der Waals surface area contributed by atoms with E-state index in [9.17, 15) is 13.2 Å². The van der Waals surface area contributed by atoms with E-state index in [1.165, 1.54) is 15.6 Å². The van der Waals surface area contributed by atoms with Crippen molar-refractivity contribution < 1.29 is 13.2 Å². The molecule has 4 rings (SSSR count). The molecule has 1 amide bonds. The molecule has 0 radical (unpaired) electrons. The molecule has 9 heteroatoms. The van der Waals surface area contributed by atoms with Gasteiger partial charge in [0.1, 0.15) is 0 Å². The van der Waals surface area contributed by atoms with Crippen LogP contribution >= 0.6 is 11.3 Å². The van der Waals surface area contributed by atoms with Crippen molar-refractivity contribution in [3.8, 4) is 0 Å². The number of nitrogens with zero attached hydrogens (tertiary/aromatic N) is 3. The Labute approximate surface area is 156 Å². The predicted molar refractivity (Wildman–Crippen MR) is 103 cm³/mol. The average molecular weight is 395 g/mol. The predicted octanol–water partition coefficient (Wildman–Crippen LogP) is 1.40. The number of rotatable bonds is 5. The van der Waals surface area contributed by atoms with Gasteiger partial charge < -0.3 is 5.73 Å². The van der Waals surface area contributed by atoms with Gasteiger partial charge in [0.2, 0.25) is 15.9 Å². The second kappa shape index (κ2) is 6.56. The van der Waals surface area contributed by atoms with E-state index in [1.54, 1.807) is 4.90 Å². The quantitative estimate of drug-likeness (QED) is 0.827. The summed E-state index contributed by atoms with van der Waals surface area (Å²) in [5.74, 6) is -0.380. The van der Waals surface area contributed by atoms with Gasteiger partial charge in [0, 0.05) is 6.54 Å². The lowest BCUT2D eigenvalue weighted by molar-refractivity contribution is -0.120. The van der Waals surface area contributed by atoms with Gasteiger partial charge in [-0.2, -0.15) is 4.31 Å². The fourth-order valence-electron chi connectivity index (χ4n) is 4.07. The Morgan fingerprint density at radius 3 is 2.85 bits per heavy atom. The topological polar surface area (TPSA) is 96.6 Å². The molecule has 2 aliphatic rings. The van der Waals surface area contributed by atoms with Gasteiger partial charge in [-0.25, -0.2) is 13.4 Å². The lowest BCUT2D eigenvalue weighted by atomic mass is 10.0. The molecule has 1 aromatic heterocycles. The third kappa shape index (κ3) is 2.74. The molecular formula is C17H22N4O3S2. The van der Waals surface area contributed by atoms with E-state index in [4.69, 9.17) is 5.73 Å². The van der Waals surface area contributed by atoms with Crippen LogP contribution in [0.5, 0.6) is 0 Å². The molecule has 1 aromatic carbocycles. The Balaban J connectivity index is 1.67. The molecule has 0 aliphatic carbocycles. The number of fused-ring (bicyclic) bond motifs is 2. The van der Waals surface area contributed by atoms with Crippen LogP contribution in [0.25, 0.3) is 10.2 Å². The van der Waals surface area contributed by atoms with Crippen LogP contribution in [0.4, 0.5) is 5.13 Å². The Kier molecular flexibility index (Phi) is 4.50. The van der Waals surface area contributed by atoms with Crippen molar-refractivity contribution >= 4 is 42.6 Å². The highest BCUT2D eigenvalue weighted by Gasteiger charge is 2.55. The maximum atomic E-state index is 12.9. The average Bonchev–Trinajstić information content (AvgIpc) is 3.29. The fourth-order valence-corrected chi connectivity index (χ4v) is 6.94. The van der Waals surface area contributed by atoms with Crippen molar-refractivity contribution in [3.05, 3.63) is 24.3 Å². The Morgan fingerprint density at radius 1 is 1.35 bits per heavy atom. The first-order valence-corrected chi connectivity index (χ1v) is 11.2. The van der Waals surface area contributed by atoms with Gasteiger partial charge in [0.05, 0.1) is 34.0 Å². The smallest absolute Gasteiger partial charge is 0.233 e. The van der Waals surface area contributed by atoms with E-state index >= 15 is 0 Å². The summed E-state index contributed by atoms with van der Waals surface area (Å²) in [6.07, 6.45) is 1.07. The lowest BCUT2D eigenvalue weighted by Gasteiger charge is -2.25. The van der Waals surface area contributed by atoms with Crippen LogP contribution in [-0.2, 0) is 14.8 Å². The number of thiazole rings is 1. The molecule has 2 aliphatic heterocycles. The van der Waals surface area contributed by atoms with Gasteiger partial charge in [0.25, 0.3) is 0 Å². The van der Waals surface area contributed by atoms with Crippen molar-refractivity contribution in [2.75, 3.05) is 23.7 Å². The summed E-state index contributed by atoms with van der Waals surface area (Å²) in [5, 5.41) is 0.664. The summed E-state index contributed by atoms with van der Waals surface area (Å²) in [4.78, 5) is 19.3. The normalized spacial score (nSPS) is 26.8. The van der Waals surface area contributed by atoms with Crippen LogP contribution in [0.2, 0.25) is 0 Å². The van der Waals surface area contributed by atoms with Gasteiger partial charge in [-0.05, 0) is 31.5 Å². The van der Waals surface area contributed by atoms with Crippen molar-refractivity contribution in [1.29, 1.82) is 0 Å². The van der Waals surface area contributed by atoms with Gasteiger partial charge >= 0.3 is 0 Å². The first kappa shape index (κ1) is 17.8. The van der Waals surface area contributed by atoms with Gasteiger partial charge in [-0.3, -0.25) is 9.69 Å². The number of hydrogen-bond acceptors (Lipinski definition) is 6. The van der Waals surface area contributed by atoms with Gasteiger partial charge in [-0.15, -0.1) is 0 Å². The SMILES string of the molecule is C[C@@H]1C(=O)N(c2nc3ccccc3s2)[C@H]2CCN(S(=O)(=O)CCCN)[C@H]12. The van der Waals surface area contributed by atoms with Crippen LogP contribution in [0.1, 0.15) is 19.8 Å². The highest BCUT2D eigenvalue weighted by atomic mass is 32.2. The third-order valence-electron chi connectivity index (χ3n) is 5.30. The number of amides is 1. The van der Waals surface area contributed by atoms with E-state index < -0.39 is 10.0 Å². The van der Waals surface area contributed by atoms with Crippen LogP contribution in [0, 0.1) is 5.92 Å². The van der Waals surface area contributed by atoms with Crippen LogP contribution in [0.3, 0.4) is 0 Å². The van der Waals surface area contributed by atoms with E-state index in [0.29, 0.717) is 31.1 Å². The molecule has 2 fully saturated rings. The van der Waals surface area contributed by atoms with Gasteiger partial charge in [-0.1, -0.05) is 30.4 Å². The van der Waals surface area contributed by atoms with E-state index in [1.807, 2.05) is 31.2 Å². The summed E-state index contributed by atoms with van der Waals surface area (Å²) < 4.78 is 28.0. The van der Waals surface area contributed by atoms with Crippen LogP contribution in [0.15, 0.2) is 24.3 Å². The zero-order valence-corrected chi connectivity index (χ0v) is 16.2. The first-order valence-electron chi connectivity index (χ1n) is 8.82. The molecular weight excluding hydrogens is 372 g/mol. The Morgan fingerprint density at radius 2 is 2.12 bits per heavy atom. The van der Waals surface area contributed by atoms with E-state index in [2.05, 4.69) is 4.98 Å². The highest BCUT2D eigenvalue weighted by Crippen LogP contribution is 2.42. The van der Waals surface area contributed by atoms with E-state index in [0.717, 1.165) is 10.2 Å². The number of sulfonamides is 1. The number of aromatic nitrogens is 1. The number of nitrogens with two attached hydrogens (primary N) is 1. The molecule has 3 atom stereocenters. The van der Waals surface area contributed by atoms with Gasteiger partial charge in [0.15, 0.2) is 5.13 Å². The first-order chi connectivity index (χ1) is 12.4. The van der Waals surface area contributed by atoms with E-state index in [-0.39, 0.29) is 29.7 Å². The summed E-state index contributed by atoms with van der Waals surface area (Å²) >= 11 is 1.48. The molecule has 3 heterocycles. The minimum absolute atomic E-state index is 0.0365. The number of benzene rings is 1. The Bertz CT molecular complexity index is 909. The van der Waals surface area contributed by atoms with Crippen molar-refractivity contribution in [2.45, 2.75) is 31.8 Å². The second-order valence-electron chi connectivity index (χ2n) is 6.88. The molecule has 0 unspecified atom stereocenters. The molecule has 140 valence electrons. The summed E-state index contributed by atoms with van der Waals surface area (Å²) in [7, 11) is -3.41. The monoisotopic (exact) mass is 394 g/mol. The number of anilines is 1. The minimum Gasteiger partial charge on any atom is -0.330 e. The largest absolute Gasteiger partial charge is 0.330 e. The maximum Gasteiger partial charge on any atom is 0.233 e. The zero-order chi connectivity index (χ0) is 18.5. The number of hydrogen-bond donors (Lipinski definition) is 1. The second-order valence-corrected chi connectivity index (χ2v) is 9.93. The van der Waals surface area contributed by atoms with Crippen molar-refractivity contribution in [2.24, 2.45) is 11.7 Å². The molecule has 26 heavy (non-hydrogen) atoms. The standard InChI is InChI=1S/C17H22N4O3S2/c1-11-15-13(7-9-20(15)26(23,24)10-4-8-18)21(16(11)22)17-19-12-5-2-3-6-14(12)25-17/h2-3,5-6,11,13,15H,4,7-10,18H2,1H3/t11-,13-,15+/m0/s1. The van der Waals surface area contributed by atoms with Crippen LogP contribution < -0.4 is 10.6 Å². The number of carbonyl (C=O) groups excluding carboxylic acids is 1. The van der Waals surface area contributed by atoms with Crippen molar-refractivity contribution in [1.82, 2.24) is 9.29 Å². The van der Waals surface area contributed by atoms with Crippen LogP contribution in [-0.4, -0.2) is 54.5 Å². The maximum absolute atomic E-state index is 12.9. The molecule has 2 N–H and O–H groups in total. The zero-order valence-electron chi connectivity index (χ0n) is 14.5.